The number of carbonyl (C=O) groups is 2. The average molecular weight is 280 g/mol. The number of benzene rings is 2. The first kappa shape index (κ1) is 15.3. The van der Waals surface area contributed by atoms with Gasteiger partial charge in [-0.25, -0.2) is 8.78 Å². The maximum absolute atomic E-state index is 12.2. The van der Waals surface area contributed by atoms with Crippen LogP contribution in [0.3, 0.4) is 0 Å². The van der Waals surface area contributed by atoms with Crippen LogP contribution in [-0.4, -0.2) is 22.8 Å². The number of carbonyl (C=O) groups excluding carboxylic acids is 2. The number of hydrogen-bond donors (Lipinski definition) is 2. The zero-order valence-electron chi connectivity index (χ0n) is 10.1. The van der Waals surface area contributed by atoms with Crippen molar-refractivity contribution in [3.05, 3.63) is 59.2 Å². The molecule has 0 amide bonds. The van der Waals surface area contributed by atoms with Crippen LogP contribution in [0.15, 0.2) is 36.4 Å². The van der Waals surface area contributed by atoms with Gasteiger partial charge in [-0.15, -0.1) is 0 Å². The molecule has 6 heteroatoms. The molecule has 0 aromatic heterocycles. The molecule has 0 saturated carbocycles. The van der Waals surface area contributed by atoms with Gasteiger partial charge in [0.05, 0.1) is 11.1 Å². The van der Waals surface area contributed by atoms with Gasteiger partial charge in [-0.2, -0.15) is 0 Å². The number of rotatable bonds is 2. The first-order valence-electron chi connectivity index (χ1n) is 5.35. The van der Waals surface area contributed by atoms with E-state index in [0.717, 1.165) is 24.3 Å². The summed E-state index contributed by atoms with van der Waals surface area (Å²) in [5.41, 5.74) is 0.197. The van der Waals surface area contributed by atoms with E-state index in [2.05, 4.69) is 0 Å². The van der Waals surface area contributed by atoms with E-state index in [4.69, 9.17) is 10.2 Å². The first-order valence-corrected chi connectivity index (χ1v) is 5.35. The van der Waals surface area contributed by atoms with Crippen LogP contribution < -0.4 is 0 Å². The summed E-state index contributed by atoms with van der Waals surface area (Å²) in [4.78, 5) is 20.1. The molecule has 104 valence electrons. The molecule has 2 rings (SSSR count). The van der Waals surface area contributed by atoms with E-state index >= 15 is 0 Å². The Morgan fingerprint density at radius 3 is 1.35 bits per heavy atom. The highest BCUT2D eigenvalue weighted by atomic mass is 19.1. The van der Waals surface area contributed by atoms with Crippen LogP contribution in [0, 0.1) is 11.6 Å². The summed E-state index contributed by atoms with van der Waals surface area (Å²) in [6, 6.07) is 6.45. The van der Waals surface area contributed by atoms with E-state index in [1.54, 1.807) is 0 Å². The van der Waals surface area contributed by atoms with Crippen LogP contribution in [0.1, 0.15) is 20.7 Å². The summed E-state index contributed by atoms with van der Waals surface area (Å²) >= 11 is 0. The molecule has 0 radical (unpaired) electrons. The quantitative estimate of drug-likeness (QED) is 0.829. The van der Waals surface area contributed by atoms with Crippen molar-refractivity contribution in [3.63, 3.8) is 0 Å². The molecular formula is C14H10F2O4. The number of phenolic OH excluding ortho intramolecular Hbond substituents is 2. The molecule has 0 atom stereocenters. The molecule has 0 aliphatic carbocycles. The van der Waals surface area contributed by atoms with E-state index in [-0.39, 0.29) is 22.6 Å². The third-order valence-corrected chi connectivity index (χ3v) is 2.24. The van der Waals surface area contributed by atoms with E-state index < -0.39 is 11.6 Å². The molecule has 2 N–H and O–H groups in total. The van der Waals surface area contributed by atoms with Gasteiger partial charge in [-0.05, 0) is 24.3 Å². The Morgan fingerprint density at radius 2 is 1.10 bits per heavy atom. The fraction of sp³-hybridized carbons (Fsp3) is 0. The van der Waals surface area contributed by atoms with E-state index in [9.17, 15) is 18.4 Å². The van der Waals surface area contributed by atoms with Crippen molar-refractivity contribution in [1.29, 1.82) is 0 Å². The molecule has 0 bridgehead atoms. The van der Waals surface area contributed by atoms with Crippen molar-refractivity contribution in [2.75, 3.05) is 0 Å². The third-order valence-electron chi connectivity index (χ3n) is 2.24. The highest BCUT2D eigenvalue weighted by Gasteiger charge is 1.99. The molecule has 2 aromatic carbocycles. The largest absolute Gasteiger partial charge is 0.507 e. The molecule has 0 heterocycles. The van der Waals surface area contributed by atoms with Gasteiger partial charge in [-0.1, -0.05) is 0 Å². The van der Waals surface area contributed by atoms with Gasteiger partial charge < -0.3 is 10.2 Å². The van der Waals surface area contributed by atoms with Crippen molar-refractivity contribution >= 4 is 12.6 Å². The summed E-state index contributed by atoms with van der Waals surface area (Å²) in [6.07, 6.45) is 0.934. The zero-order valence-corrected chi connectivity index (χ0v) is 10.1. The van der Waals surface area contributed by atoms with Crippen molar-refractivity contribution in [3.8, 4) is 11.5 Å². The number of halogens is 2. The monoisotopic (exact) mass is 280 g/mol. The molecular weight excluding hydrogens is 270 g/mol. The first-order chi connectivity index (χ1) is 9.47. The number of hydrogen-bond acceptors (Lipinski definition) is 4. The Labute approximate surface area is 112 Å². The van der Waals surface area contributed by atoms with Gasteiger partial charge in [0.25, 0.3) is 0 Å². The Bertz CT molecular complexity index is 571. The molecule has 0 fully saturated rings. The third kappa shape index (κ3) is 4.16. The zero-order chi connectivity index (χ0) is 15.1. The van der Waals surface area contributed by atoms with Crippen LogP contribution >= 0.6 is 0 Å². The summed E-state index contributed by atoms with van der Waals surface area (Å²) < 4.78 is 24.4. The van der Waals surface area contributed by atoms with Gasteiger partial charge >= 0.3 is 0 Å². The normalized spacial score (nSPS) is 9.30. The van der Waals surface area contributed by atoms with Crippen LogP contribution in [0.5, 0.6) is 11.5 Å². The summed E-state index contributed by atoms with van der Waals surface area (Å²) in [6.45, 7) is 0. The summed E-state index contributed by atoms with van der Waals surface area (Å²) in [5.74, 6) is -1.75. The lowest BCUT2D eigenvalue weighted by Gasteiger charge is -1.93. The van der Waals surface area contributed by atoms with Crippen molar-refractivity contribution in [1.82, 2.24) is 0 Å². The minimum Gasteiger partial charge on any atom is -0.507 e. The second-order valence-corrected chi connectivity index (χ2v) is 3.64. The summed E-state index contributed by atoms with van der Waals surface area (Å²) in [7, 11) is 0. The van der Waals surface area contributed by atoms with E-state index in [0.29, 0.717) is 12.6 Å². The standard InChI is InChI=1S/2C7H5FO2/c2*8-6-2-1-5(4-9)7(10)3-6/h2*1-4,10H. The lowest BCUT2D eigenvalue weighted by Crippen LogP contribution is -1.81. The topological polar surface area (TPSA) is 74.6 Å². The van der Waals surface area contributed by atoms with Crippen molar-refractivity contribution in [2.24, 2.45) is 0 Å². The van der Waals surface area contributed by atoms with E-state index in [1.165, 1.54) is 12.1 Å². The molecule has 4 nitrogen and oxygen atoms in total. The van der Waals surface area contributed by atoms with Crippen molar-refractivity contribution in [2.45, 2.75) is 0 Å². The number of aromatic hydroxyl groups is 2. The Kier molecular flexibility index (Phi) is 5.34. The molecule has 2 aromatic rings. The minimum atomic E-state index is -0.553. The van der Waals surface area contributed by atoms with Crippen molar-refractivity contribution < 1.29 is 28.6 Å². The summed E-state index contributed by atoms with van der Waals surface area (Å²) in [5, 5.41) is 17.6. The number of aldehydes is 2. The van der Waals surface area contributed by atoms with E-state index in [1.807, 2.05) is 0 Å². The lowest BCUT2D eigenvalue weighted by molar-refractivity contribution is 0.111. The SMILES string of the molecule is O=Cc1ccc(F)cc1O.O=Cc1ccc(F)cc1O. The van der Waals surface area contributed by atoms with Gasteiger partial charge in [-0.3, -0.25) is 9.59 Å². The Balaban J connectivity index is 0.000000200. The second-order valence-electron chi connectivity index (χ2n) is 3.64. The molecule has 0 aliphatic rings. The Hall–Kier alpha value is -2.76. The molecule has 0 aliphatic heterocycles. The predicted molar refractivity (Wildman–Crippen MR) is 66.9 cm³/mol. The van der Waals surface area contributed by atoms with Gasteiger partial charge in [0.15, 0.2) is 12.6 Å². The van der Waals surface area contributed by atoms with Crippen LogP contribution in [0.2, 0.25) is 0 Å². The van der Waals surface area contributed by atoms with Gasteiger partial charge in [0, 0.05) is 12.1 Å². The van der Waals surface area contributed by atoms with Crippen LogP contribution in [0.25, 0.3) is 0 Å². The molecule has 0 unspecified atom stereocenters. The Morgan fingerprint density at radius 1 is 0.750 bits per heavy atom. The minimum absolute atomic E-state index is 0.0985. The smallest absolute Gasteiger partial charge is 0.153 e. The maximum atomic E-state index is 12.2. The average Bonchev–Trinajstić information content (AvgIpc) is 2.40. The highest BCUT2D eigenvalue weighted by Crippen LogP contribution is 2.15. The maximum Gasteiger partial charge on any atom is 0.153 e. The predicted octanol–water partition coefficient (Wildman–Crippen LogP) is 2.69. The van der Waals surface area contributed by atoms with Crippen LogP contribution in [0.4, 0.5) is 8.78 Å². The molecule has 0 saturated heterocycles. The molecule has 20 heavy (non-hydrogen) atoms. The molecule has 0 spiro atoms. The lowest BCUT2D eigenvalue weighted by atomic mass is 10.2. The fourth-order valence-electron chi connectivity index (χ4n) is 1.23. The highest BCUT2D eigenvalue weighted by molar-refractivity contribution is 5.79. The van der Waals surface area contributed by atoms with Gasteiger partial charge in [0.1, 0.15) is 23.1 Å². The van der Waals surface area contributed by atoms with Gasteiger partial charge in [0.2, 0.25) is 0 Å². The fourth-order valence-corrected chi connectivity index (χ4v) is 1.23. The van der Waals surface area contributed by atoms with Crippen LogP contribution in [-0.2, 0) is 0 Å². The second kappa shape index (κ2) is 6.98. The number of phenols is 2.